The van der Waals surface area contributed by atoms with Crippen molar-refractivity contribution in [2.24, 2.45) is 16.6 Å². The van der Waals surface area contributed by atoms with Gasteiger partial charge in [0.2, 0.25) is 11.9 Å². The fraction of sp³-hybridized carbons (Fsp3) is 0.688. The molecular weight excluding hydrogens is 314 g/mol. The van der Waals surface area contributed by atoms with Crippen molar-refractivity contribution in [3.05, 3.63) is 18.5 Å². The summed E-state index contributed by atoms with van der Waals surface area (Å²) in [5.41, 5.74) is 6.06. The summed E-state index contributed by atoms with van der Waals surface area (Å²) in [7, 11) is 0. The molecule has 1 aliphatic heterocycles. The van der Waals surface area contributed by atoms with E-state index in [4.69, 9.17) is 5.73 Å². The highest BCUT2D eigenvalue weighted by molar-refractivity contribution is 5.78. The van der Waals surface area contributed by atoms with E-state index < -0.39 is 5.92 Å². The molecule has 2 fully saturated rings. The average Bonchev–Trinajstić information content (AvgIpc) is 2.60. The number of aromatic nitrogens is 2. The molecule has 0 radical (unpaired) electrons. The number of aliphatic imine (C=N–C) groups is 1. The lowest BCUT2D eigenvalue weighted by Gasteiger charge is -2.35. The van der Waals surface area contributed by atoms with Crippen molar-refractivity contribution in [3.63, 3.8) is 0 Å². The average molecular weight is 338 g/mol. The van der Waals surface area contributed by atoms with Gasteiger partial charge in [0.05, 0.1) is 0 Å². The van der Waals surface area contributed by atoms with E-state index in [2.05, 4.69) is 19.9 Å². The van der Waals surface area contributed by atoms with Gasteiger partial charge in [-0.1, -0.05) is 0 Å². The summed E-state index contributed by atoms with van der Waals surface area (Å²) in [6.07, 6.45) is 4.78. The highest BCUT2D eigenvalue weighted by Gasteiger charge is 2.36. The van der Waals surface area contributed by atoms with Crippen LogP contribution < -0.4 is 10.6 Å². The summed E-state index contributed by atoms with van der Waals surface area (Å²) in [6, 6.07) is 1.79. The first kappa shape index (κ1) is 16.9. The van der Waals surface area contributed by atoms with E-state index in [1.807, 2.05) is 4.90 Å². The van der Waals surface area contributed by atoms with E-state index in [9.17, 15) is 8.78 Å². The van der Waals surface area contributed by atoms with Crippen molar-refractivity contribution >= 4 is 11.9 Å². The number of guanidine groups is 1. The minimum Gasteiger partial charge on any atom is -0.370 e. The van der Waals surface area contributed by atoms with Crippen LogP contribution in [0.5, 0.6) is 0 Å². The molecule has 2 heterocycles. The Balaban J connectivity index is 1.49. The van der Waals surface area contributed by atoms with Crippen LogP contribution >= 0.6 is 0 Å². The lowest BCUT2D eigenvalue weighted by molar-refractivity contribution is -0.0508. The van der Waals surface area contributed by atoms with Crippen LogP contribution in [0.4, 0.5) is 14.7 Å². The summed E-state index contributed by atoms with van der Waals surface area (Å²) in [5.74, 6) is -1.42. The molecule has 1 saturated carbocycles. The Kier molecular flexibility index (Phi) is 5.11. The maximum absolute atomic E-state index is 13.4. The maximum Gasteiger partial charge on any atom is 0.248 e. The van der Waals surface area contributed by atoms with E-state index in [-0.39, 0.29) is 18.8 Å². The standard InChI is InChI=1S/C16H24F2N6/c17-16(18)4-1-3-13(11-16)12-22-14(19)23-7-9-24(10-8-23)15-20-5-2-6-21-15/h2,5-6,13H,1,3-4,7-12H2,(H2,19,22). The highest BCUT2D eigenvalue weighted by Crippen LogP contribution is 2.36. The Labute approximate surface area is 140 Å². The molecule has 2 aliphatic rings. The zero-order chi connectivity index (χ0) is 17.0. The van der Waals surface area contributed by atoms with Gasteiger partial charge < -0.3 is 15.5 Å². The van der Waals surface area contributed by atoms with Gasteiger partial charge in [0.15, 0.2) is 5.96 Å². The smallest absolute Gasteiger partial charge is 0.248 e. The van der Waals surface area contributed by atoms with Gasteiger partial charge in [-0.3, -0.25) is 4.99 Å². The molecule has 1 saturated heterocycles. The molecule has 2 N–H and O–H groups in total. The van der Waals surface area contributed by atoms with Crippen molar-refractivity contribution in [3.8, 4) is 0 Å². The third-order valence-corrected chi connectivity index (χ3v) is 4.69. The number of hydrogen-bond donors (Lipinski definition) is 1. The number of rotatable bonds is 3. The maximum atomic E-state index is 13.4. The van der Waals surface area contributed by atoms with Gasteiger partial charge in [-0.15, -0.1) is 0 Å². The molecule has 0 bridgehead atoms. The van der Waals surface area contributed by atoms with Crippen LogP contribution in [0, 0.1) is 5.92 Å². The first-order chi connectivity index (χ1) is 11.5. The Morgan fingerprint density at radius 3 is 2.62 bits per heavy atom. The second kappa shape index (κ2) is 7.27. The monoisotopic (exact) mass is 338 g/mol. The second-order valence-electron chi connectivity index (χ2n) is 6.54. The molecule has 1 aromatic heterocycles. The number of halogens is 2. The van der Waals surface area contributed by atoms with E-state index in [0.29, 0.717) is 18.9 Å². The molecule has 24 heavy (non-hydrogen) atoms. The highest BCUT2D eigenvalue weighted by atomic mass is 19.3. The third-order valence-electron chi connectivity index (χ3n) is 4.69. The van der Waals surface area contributed by atoms with Gasteiger partial charge in [0.25, 0.3) is 0 Å². The SMILES string of the molecule is NC(=NCC1CCCC(F)(F)C1)N1CCN(c2ncccn2)CC1. The molecule has 0 aromatic carbocycles. The summed E-state index contributed by atoms with van der Waals surface area (Å²) in [4.78, 5) is 17.0. The van der Waals surface area contributed by atoms with E-state index in [1.165, 1.54) is 0 Å². The minimum absolute atomic E-state index is 0.00616. The predicted octanol–water partition coefficient (Wildman–Crippen LogP) is 1.74. The van der Waals surface area contributed by atoms with Gasteiger partial charge in [-0.25, -0.2) is 18.7 Å². The topological polar surface area (TPSA) is 70.6 Å². The Morgan fingerprint density at radius 1 is 1.25 bits per heavy atom. The predicted molar refractivity (Wildman–Crippen MR) is 89.2 cm³/mol. The lowest BCUT2D eigenvalue weighted by Crippen LogP contribution is -2.51. The van der Waals surface area contributed by atoms with Crippen molar-refractivity contribution in [1.29, 1.82) is 0 Å². The fourth-order valence-electron chi connectivity index (χ4n) is 3.34. The number of nitrogens with two attached hydrogens (primary N) is 1. The summed E-state index contributed by atoms with van der Waals surface area (Å²) in [6.45, 7) is 3.38. The van der Waals surface area contributed by atoms with Crippen molar-refractivity contribution in [2.75, 3.05) is 37.6 Å². The largest absolute Gasteiger partial charge is 0.370 e. The fourth-order valence-corrected chi connectivity index (χ4v) is 3.34. The summed E-state index contributed by atoms with van der Waals surface area (Å²) in [5, 5.41) is 0. The Morgan fingerprint density at radius 2 is 1.96 bits per heavy atom. The molecule has 8 heteroatoms. The third kappa shape index (κ3) is 4.30. The normalized spacial score (nSPS) is 24.9. The van der Waals surface area contributed by atoms with Gasteiger partial charge in [-0.2, -0.15) is 0 Å². The molecule has 0 spiro atoms. The van der Waals surface area contributed by atoms with Crippen LogP contribution in [-0.4, -0.2) is 59.5 Å². The molecule has 1 unspecified atom stereocenters. The number of hydrogen-bond acceptors (Lipinski definition) is 4. The molecule has 3 rings (SSSR count). The van der Waals surface area contributed by atoms with Crippen LogP contribution in [0.3, 0.4) is 0 Å². The molecule has 132 valence electrons. The van der Waals surface area contributed by atoms with E-state index in [1.54, 1.807) is 18.5 Å². The quantitative estimate of drug-likeness (QED) is 0.671. The molecule has 6 nitrogen and oxygen atoms in total. The second-order valence-corrected chi connectivity index (χ2v) is 6.54. The number of anilines is 1. The van der Waals surface area contributed by atoms with Crippen molar-refractivity contribution in [1.82, 2.24) is 14.9 Å². The van der Waals surface area contributed by atoms with Gasteiger partial charge in [0, 0.05) is 58.0 Å². The van der Waals surface area contributed by atoms with Crippen LogP contribution in [0.15, 0.2) is 23.5 Å². The molecule has 1 aromatic rings. The van der Waals surface area contributed by atoms with Crippen molar-refractivity contribution in [2.45, 2.75) is 31.6 Å². The zero-order valence-corrected chi connectivity index (χ0v) is 13.7. The number of piperazine rings is 1. The molecular formula is C16H24F2N6. The number of nitrogens with zero attached hydrogens (tertiary/aromatic N) is 5. The number of alkyl halides is 2. The summed E-state index contributed by atoms with van der Waals surface area (Å²) >= 11 is 0. The zero-order valence-electron chi connectivity index (χ0n) is 13.7. The Hall–Kier alpha value is -1.99. The van der Waals surface area contributed by atoms with Crippen LogP contribution in [0.1, 0.15) is 25.7 Å². The molecule has 0 amide bonds. The van der Waals surface area contributed by atoms with E-state index in [0.717, 1.165) is 38.5 Å². The Bertz CT molecular complexity index is 557. The van der Waals surface area contributed by atoms with Crippen LogP contribution in [0.25, 0.3) is 0 Å². The van der Waals surface area contributed by atoms with Crippen LogP contribution in [0.2, 0.25) is 0 Å². The van der Waals surface area contributed by atoms with Gasteiger partial charge in [-0.05, 0) is 24.8 Å². The molecule has 1 aliphatic carbocycles. The molecule has 1 atom stereocenters. The first-order valence-corrected chi connectivity index (χ1v) is 8.48. The van der Waals surface area contributed by atoms with E-state index >= 15 is 0 Å². The van der Waals surface area contributed by atoms with Crippen LogP contribution in [-0.2, 0) is 0 Å². The minimum atomic E-state index is -2.53. The van der Waals surface area contributed by atoms with Gasteiger partial charge >= 0.3 is 0 Å². The van der Waals surface area contributed by atoms with Crippen molar-refractivity contribution < 1.29 is 8.78 Å². The summed E-state index contributed by atoms with van der Waals surface area (Å²) < 4.78 is 26.9. The first-order valence-electron chi connectivity index (χ1n) is 8.48. The van der Waals surface area contributed by atoms with Gasteiger partial charge in [0.1, 0.15) is 0 Å². The lowest BCUT2D eigenvalue weighted by atomic mass is 9.87.